The van der Waals surface area contributed by atoms with Gasteiger partial charge in [0.15, 0.2) is 5.85 Å². The Hall–Kier alpha value is -1.03. The van der Waals surface area contributed by atoms with E-state index in [4.69, 9.17) is 27.7 Å². The number of nitrogens with zero attached hydrogens (tertiary/aromatic N) is 1. The van der Waals surface area contributed by atoms with Gasteiger partial charge in [0, 0.05) is 40.7 Å². The first-order chi connectivity index (χ1) is 11.8. The van der Waals surface area contributed by atoms with Gasteiger partial charge >= 0.3 is 0 Å². The Morgan fingerprint density at radius 3 is 2.32 bits per heavy atom. The van der Waals surface area contributed by atoms with Crippen molar-refractivity contribution in [2.45, 2.75) is 19.2 Å². The molecule has 2 atom stereocenters. The fraction of sp³-hybridized carbons (Fsp3) is 0.333. The summed E-state index contributed by atoms with van der Waals surface area (Å²) < 4.78 is 19.3. The van der Waals surface area contributed by atoms with Gasteiger partial charge in [0.2, 0.25) is 0 Å². The largest absolute Gasteiger partial charge is 0.378 e. The average molecular weight is 402 g/mol. The topological polar surface area (TPSA) is 49.8 Å². The molecule has 0 radical (unpaired) electrons. The van der Waals surface area contributed by atoms with Crippen molar-refractivity contribution in [2.24, 2.45) is 0 Å². The molecule has 0 aromatic heterocycles. The predicted octanol–water partition coefficient (Wildman–Crippen LogP) is 5.08. The molecule has 0 bridgehead atoms. The van der Waals surface area contributed by atoms with Gasteiger partial charge in [-0.3, -0.25) is 4.57 Å². The maximum absolute atomic E-state index is 13.6. The highest BCUT2D eigenvalue weighted by Gasteiger charge is 2.37. The van der Waals surface area contributed by atoms with Crippen molar-refractivity contribution in [3.05, 3.63) is 58.1 Å². The SMILES string of the molecule is CCCO[P@](=O)(c1ccc(N(C)C)cc1)[C@@H](O)c1ccc(Cl)cc1Cl. The Kier molecular flexibility index (Phi) is 6.95. The second-order valence-corrected chi connectivity index (χ2v) is 9.18. The molecule has 0 aliphatic carbocycles. The van der Waals surface area contributed by atoms with E-state index in [9.17, 15) is 9.67 Å². The van der Waals surface area contributed by atoms with E-state index < -0.39 is 13.2 Å². The first-order valence-corrected chi connectivity index (χ1v) is 10.4. The lowest BCUT2D eigenvalue weighted by atomic mass is 10.2. The molecule has 0 aliphatic rings. The summed E-state index contributed by atoms with van der Waals surface area (Å²) in [4.78, 5) is 1.94. The fourth-order valence-electron chi connectivity index (χ4n) is 2.37. The van der Waals surface area contributed by atoms with Crippen molar-refractivity contribution in [3.63, 3.8) is 0 Å². The zero-order valence-electron chi connectivity index (χ0n) is 14.4. The summed E-state index contributed by atoms with van der Waals surface area (Å²) in [5, 5.41) is 12.0. The summed E-state index contributed by atoms with van der Waals surface area (Å²) in [7, 11) is 0.258. The summed E-state index contributed by atoms with van der Waals surface area (Å²) in [5.41, 5.74) is 1.30. The van der Waals surface area contributed by atoms with Gasteiger partial charge in [-0.25, -0.2) is 0 Å². The maximum atomic E-state index is 13.6. The van der Waals surface area contributed by atoms with Crippen LogP contribution in [0.4, 0.5) is 5.69 Å². The highest BCUT2D eigenvalue weighted by Crippen LogP contribution is 2.58. The van der Waals surface area contributed by atoms with Gasteiger partial charge in [-0.05, 0) is 42.8 Å². The van der Waals surface area contributed by atoms with E-state index in [-0.39, 0.29) is 11.6 Å². The Labute approximate surface area is 158 Å². The summed E-state index contributed by atoms with van der Waals surface area (Å²) in [6.45, 7) is 2.19. The number of aliphatic hydroxyl groups is 1. The van der Waals surface area contributed by atoms with Gasteiger partial charge in [0.05, 0.1) is 6.61 Å². The van der Waals surface area contributed by atoms with Gasteiger partial charge in [0.1, 0.15) is 0 Å². The minimum atomic E-state index is -3.58. The Balaban J connectivity index is 2.47. The summed E-state index contributed by atoms with van der Waals surface area (Å²) in [6.07, 6.45) is 0.681. The molecular weight excluding hydrogens is 380 g/mol. The van der Waals surface area contributed by atoms with Crippen LogP contribution in [0.1, 0.15) is 24.8 Å². The fourth-order valence-corrected chi connectivity index (χ4v) is 5.14. The minimum Gasteiger partial charge on any atom is -0.378 e. The smallest absolute Gasteiger partial charge is 0.264 e. The van der Waals surface area contributed by atoms with Crippen molar-refractivity contribution in [2.75, 3.05) is 25.6 Å². The molecule has 4 nitrogen and oxygen atoms in total. The molecule has 2 aromatic rings. The van der Waals surface area contributed by atoms with Gasteiger partial charge in [-0.15, -0.1) is 0 Å². The van der Waals surface area contributed by atoms with Gasteiger partial charge < -0.3 is 14.5 Å². The second kappa shape index (κ2) is 8.57. The van der Waals surface area contributed by atoms with E-state index in [1.165, 1.54) is 6.07 Å². The second-order valence-electron chi connectivity index (χ2n) is 5.88. The van der Waals surface area contributed by atoms with Crippen molar-refractivity contribution < 1.29 is 14.2 Å². The lowest BCUT2D eigenvalue weighted by Crippen LogP contribution is -2.16. The normalized spacial score (nSPS) is 14.8. The average Bonchev–Trinajstić information content (AvgIpc) is 2.59. The summed E-state index contributed by atoms with van der Waals surface area (Å²) in [6, 6.07) is 11.8. The summed E-state index contributed by atoms with van der Waals surface area (Å²) >= 11 is 12.1. The van der Waals surface area contributed by atoms with Gasteiger partial charge in [-0.1, -0.05) is 36.2 Å². The number of halogens is 2. The lowest BCUT2D eigenvalue weighted by Gasteiger charge is -2.25. The van der Waals surface area contributed by atoms with Gasteiger partial charge in [0.25, 0.3) is 7.37 Å². The lowest BCUT2D eigenvalue weighted by molar-refractivity contribution is 0.214. The number of rotatable bonds is 7. The maximum Gasteiger partial charge on any atom is 0.264 e. The minimum absolute atomic E-state index is 0.255. The van der Waals surface area contributed by atoms with Crippen molar-refractivity contribution in [1.29, 1.82) is 0 Å². The van der Waals surface area contributed by atoms with Crippen LogP contribution in [0.25, 0.3) is 0 Å². The predicted molar refractivity (Wildman–Crippen MR) is 106 cm³/mol. The molecule has 0 saturated heterocycles. The third-order valence-electron chi connectivity index (χ3n) is 3.78. The Bertz CT molecular complexity index is 765. The first-order valence-electron chi connectivity index (χ1n) is 7.95. The van der Waals surface area contributed by atoms with Crippen LogP contribution in [0.3, 0.4) is 0 Å². The van der Waals surface area contributed by atoms with E-state index >= 15 is 0 Å². The monoisotopic (exact) mass is 401 g/mol. The molecule has 0 fully saturated rings. The molecule has 0 amide bonds. The van der Waals surface area contributed by atoms with E-state index in [2.05, 4.69) is 0 Å². The number of hydrogen-bond donors (Lipinski definition) is 1. The van der Waals surface area contributed by atoms with Crippen molar-refractivity contribution in [3.8, 4) is 0 Å². The number of anilines is 1. The molecule has 2 aromatic carbocycles. The van der Waals surface area contributed by atoms with E-state index in [0.717, 1.165) is 5.69 Å². The zero-order chi connectivity index (χ0) is 18.6. The van der Waals surface area contributed by atoms with E-state index in [1.807, 2.05) is 38.1 Å². The molecule has 0 saturated carbocycles. The number of hydrogen-bond acceptors (Lipinski definition) is 4. The standard InChI is InChI=1S/C18H22Cl2NO3P/c1-4-11-24-25(23,15-8-6-14(7-9-15)21(2)3)18(22)16-10-5-13(19)12-17(16)20/h5-10,12,18,22H,4,11H2,1-3H3/t18-,25-/m1/s1. The highest BCUT2D eigenvalue weighted by atomic mass is 35.5. The Morgan fingerprint density at radius 1 is 1.16 bits per heavy atom. The molecule has 0 unspecified atom stereocenters. The van der Waals surface area contributed by atoms with Crippen molar-refractivity contribution in [1.82, 2.24) is 0 Å². The van der Waals surface area contributed by atoms with Crippen LogP contribution in [-0.4, -0.2) is 25.8 Å². The van der Waals surface area contributed by atoms with Crippen LogP contribution in [0, 0.1) is 0 Å². The molecule has 25 heavy (non-hydrogen) atoms. The van der Waals surface area contributed by atoms with Crippen LogP contribution in [0.15, 0.2) is 42.5 Å². The molecule has 0 heterocycles. The molecule has 0 spiro atoms. The number of benzene rings is 2. The molecular formula is C18H22Cl2NO3P. The van der Waals surface area contributed by atoms with Crippen LogP contribution < -0.4 is 10.2 Å². The molecule has 0 aliphatic heterocycles. The molecule has 2 rings (SSSR count). The number of aliphatic hydroxyl groups excluding tert-OH is 1. The first kappa shape index (κ1) is 20.3. The quantitative estimate of drug-likeness (QED) is 0.657. The summed E-state index contributed by atoms with van der Waals surface area (Å²) in [5.74, 6) is -1.37. The van der Waals surface area contributed by atoms with Crippen LogP contribution in [0.5, 0.6) is 0 Å². The Morgan fingerprint density at radius 2 is 1.80 bits per heavy atom. The van der Waals surface area contributed by atoms with E-state index in [1.54, 1.807) is 24.3 Å². The van der Waals surface area contributed by atoms with Crippen LogP contribution >= 0.6 is 30.6 Å². The molecule has 136 valence electrons. The van der Waals surface area contributed by atoms with E-state index in [0.29, 0.717) is 22.3 Å². The third kappa shape index (κ3) is 4.58. The molecule has 1 N–H and O–H groups in total. The van der Waals surface area contributed by atoms with Gasteiger partial charge in [-0.2, -0.15) is 0 Å². The third-order valence-corrected chi connectivity index (χ3v) is 6.84. The highest BCUT2D eigenvalue weighted by molar-refractivity contribution is 7.67. The zero-order valence-corrected chi connectivity index (χ0v) is 16.9. The van der Waals surface area contributed by atoms with Crippen LogP contribution in [0.2, 0.25) is 10.0 Å². The van der Waals surface area contributed by atoms with Crippen molar-refractivity contribution >= 4 is 41.6 Å². The van der Waals surface area contributed by atoms with Crippen LogP contribution in [-0.2, 0) is 9.09 Å². The molecule has 7 heteroatoms.